The number of allylic oxidation sites excluding steroid dienone is 1. The smallest absolute Gasteiger partial charge is 0.328 e. The fraction of sp³-hybridized carbons (Fsp3) is 0.667. The summed E-state index contributed by atoms with van der Waals surface area (Å²) in [4.78, 5) is 22.9. The van der Waals surface area contributed by atoms with Crippen LogP contribution in [0.25, 0.3) is 0 Å². The highest BCUT2D eigenvalue weighted by Gasteiger charge is 2.22. The summed E-state index contributed by atoms with van der Waals surface area (Å²) in [5.74, 6) is -0.707. The first-order chi connectivity index (χ1) is 7.11. The minimum Gasteiger partial charge on any atom is -0.458 e. The molecule has 0 aromatic rings. The molecule has 92 valence electrons. The summed E-state index contributed by atoms with van der Waals surface area (Å²) in [6.45, 7) is 10.6. The lowest BCUT2D eigenvalue weighted by molar-refractivity contribution is -0.157. The molecule has 0 aromatic heterocycles. The molecule has 4 heteroatoms. The monoisotopic (exact) mass is 227 g/mol. The van der Waals surface area contributed by atoms with Crippen LogP contribution < -0.4 is 5.32 Å². The number of ether oxygens (including phenoxy) is 1. The van der Waals surface area contributed by atoms with Crippen LogP contribution in [0.4, 0.5) is 0 Å². The average Bonchev–Trinajstić information content (AvgIpc) is 1.98. The van der Waals surface area contributed by atoms with Crippen LogP contribution >= 0.6 is 0 Å². The van der Waals surface area contributed by atoms with Gasteiger partial charge in [0.05, 0.1) is 0 Å². The predicted molar refractivity (Wildman–Crippen MR) is 62.9 cm³/mol. The summed E-state index contributed by atoms with van der Waals surface area (Å²) in [6, 6.07) is -0.637. The molecule has 1 amide bonds. The van der Waals surface area contributed by atoms with E-state index < -0.39 is 17.6 Å². The van der Waals surface area contributed by atoms with E-state index in [1.807, 2.05) is 13.8 Å². The van der Waals surface area contributed by atoms with Gasteiger partial charge in [0.2, 0.25) is 5.91 Å². The Morgan fingerprint density at radius 3 is 2.12 bits per heavy atom. The first-order valence-corrected chi connectivity index (χ1v) is 5.30. The van der Waals surface area contributed by atoms with E-state index in [9.17, 15) is 9.59 Å². The van der Waals surface area contributed by atoms with Crippen molar-refractivity contribution in [1.82, 2.24) is 5.32 Å². The van der Waals surface area contributed by atoms with Crippen molar-refractivity contribution in [2.45, 2.75) is 53.2 Å². The van der Waals surface area contributed by atoms with Crippen molar-refractivity contribution >= 4 is 11.9 Å². The average molecular weight is 227 g/mol. The summed E-state index contributed by atoms with van der Waals surface area (Å²) in [6.07, 6.45) is 1.45. The lowest BCUT2D eigenvalue weighted by Crippen LogP contribution is -2.41. The molecule has 0 saturated heterocycles. The summed E-state index contributed by atoms with van der Waals surface area (Å²) >= 11 is 0. The van der Waals surface area contributed by atoms with Gasteiger partial charge in [0, 0.05) is 6.08 Å². The highest BCUT2D eigenvalue weighted by molar-refractivity contribution is 5.91. The molecular weight excluding hydrogens is 206 g/mol. The van der Waals surface area contributed by atoms with E-state index in [0.717, 1.165) is 5.57 Å². The van der Waals surface area contributed by atoms with Crippen molar-refractivity contribution in [3.63, 3.8) is 0 Å². The van der Waals surface area contributed by atoms with Crippen LogP contribution in [-0.2, 0) is 14.3 Å². The molecule has 0 spiro atoms. The van der Waals surface area contributed by atoms with E-state index in [1.165, 1.54) is 6.08 Å². The van der Waals surface area contributed by atoms with Gasteiger partial charge in [-0.3, -0.25) is 4.79 Å². The van der Waals surface area contributed by atoms with Crippen LogP contribution in [0.1, 0.15) is 41.5 Å². The summed E-state index contributed by atoms with van der Waals surface area (Å²) < 4.78 is 5.13. The molecule has 0 fully saturated rings. The molecule has 0 aromatic carbocycles. The molecule has 0 heterocycles. The van der Waals surface area contributed by atoms with Crippen molar-refractivity contribution in [2.75, 3.05) is 0 Å². The van der Waals surface area contributed by atoms with Crippen molar-refractivity contribution < 1.29 is 14.3 Å². The Morgan fingerprint density at radius 2 is 1.75 bits per heavy atom. The molecule has 0 radical (unpaired) electrons. The van der Waals surface area contributed by atoms with Crippen LogP contribution in [0.2, 0.25) is 0 Å². The molecule has 0 aliphatic rings. The second-order valence-electron chi connectivity index (χ2n) is 4.99. The van der Waals surface area contributed by atoms with Crippen LogP contribution in [0.15, 0.2) is 11.6 Å². The number of esters is 1. The largest absolute Gasteiger partial charge is 0.458 e. The first-order valence-electron chi connectivity index (χ1n) is 5.30. The second kappa shape index (κ2) is 5.68. The topological polar surface area (TPSA) is 55.4 Å². The third-order valence-corrected chi connectivity index (χ3v) is 1.54. The summed E-state index contributed by atoms with van der Waals surface area (Å²) in [5, 5.41) is 2.54. The number of amides is 1. The molecule has 0 bridgehead atoms. The van der Waals surface area contributed by atoms with E-state index in [0.29, 0.717) is 0 Å². The van der Waals surface area contributed by atoms with E-state index in [4.69, 9.17) is 4.74 Å². The molecule has 1 N–H and O–H groups in total. The van der Waals surface area contributed by atoms with Crippen molar-refractivity contribution in [3.05, 3.63) is 11.6 Å². The second-order valence-corrected chi connectivity index (χ2v) is 4.99. The Hall–Kier alpha value is -1.32. The lowest BCUT2D eigenvalue weighted by atomic mass is 10.2. The minimum absolute atomic E-state index is 0.279. The summed E-state index contributed by atoms with van der Waals surface area (Å²) in [7, 11) is 0. The Morgan fingerprint density at radius 1 is 1.25 bits per heavy atom. The van der Waals surface area contributed by atoms with E-state index in [2.05, 4.69) is 5.32 Å². The van der Waals surface area contributed by atoms with Gasteiger partial charge < -0.3 is 10.1 Å². The number of rotatable bonds is 3. The minimum atomic E-state index is -0.637. The van der Waals surface area contributed by atoms with Gasteiger partial charge in [-0.15, -0.1) is 0 Å². The van der Waals surface area contributed by atoms with Gasteiger partial charge in [-0.25, -0.2) is 4.79 Å². The molecule has 0 aliphatic heterocycles. The molecule has 1 atom stereocenters. The van der Waals surface area contributed by atoms with E-state index in [-0.39, 0.29) is 5.91 Å². The molecular formula is C12H21NO3. The number of hydrogen-bond acceptors (Lipinski definition) is 3. The third kappa shape index (κ3) is 7.04. The SMILES string of the molecule is CC(C)=CC(=O)N[C@H](C)C(=O)OC(C)(C)C. The zero-order valence-corrected chi connectivity index (χ0v) is 10.9. The van der Waals surface area contributed by atoms with Crippen molar-refractivity contribution in [3.8, 4) is 0 Å². The van der Waals surface area contributed by atoms with E-state index >= 15 is 0 Å². The normalized spacial score (nSPS) is 12.6. The van der Waals surface area contributed by atoms with Gasteiger partial charge >= 0.3 is 5.97 Å². The fourth-order valence-corrected chi connectivity index (χ4v) is 0.966. The molecule has 4 nitrogen and oxygen atoms in total. The molecule has 0 saturated carbocycles. The van der Waals surface area contributed by atoms with Crippen molar-refractivity contribution in [2.24, 2.45) is 0 Å². The predicted octanol–water partition coefficient (Wildman–Crippen LogP) is 1.80. The van der Waals surface area contributed by atoms with Gasteiger partial charge in [-0.05, 0) is 41.5 Å². The number of carbonyl (C=O) groups is 2. The highest BCUT2D eigenvalue weighted by Crippen LogP contribution is 2.08. The Bertz CT molecular complexity index is 296. The maximum atomic E-state index is 11.5. The van der Waals surface area contributed by atoms with Crippen LogP contribution in [0.5, 0.6) is 0 Å². The quantitative estimate of drug-likeness (QED) is 0.591. The number of carbonyl (C=O) groups excluding carboxylic acids is 2. The Kier molecular flexibility index (Phi) is 5.21. The Labute approximate surface area is 97.1 Å². The lowest BCUT2D eigenvalue weighted by Gasteiger charge is -2.22. The first kappa shape index (κ1) is 14.7. The molecule has 16 heavy (non-hydrogen) atoms. The van der Waals surface area contributed by atoms with Crippen molar-refractivity contribution in [1.29, 1.82) is 0 Å². The van der Waals surface area contributed by atoms with Gasteiger partial charge in [0.25, 0.3) is 0 Å². The Balaban J connectivity index is 4.27. The molecule has 0 aliphatic carbocycles. The third-order valence-electron chi connectivity index (χ3n) is 1.54. The van der Waals surface area contributed by atoms with Crippen LogP contribution in [-0.4, -0.2) is 23.5 Å². The van der Waals surface area contributed by atoms with Gasteiger partial charge in [-0.1, -0.05) is 5.57 Å². The molecule has 0 unspecified atom stereocenters. The maximum Gasteiger partial charge on any atom is 0.328 e. The van der Waals surface area contributed by atoms with Crippen LogP contribution in [0, 0.1) is 0 Å². The number of nitrogens with one attached hydrogen (secondary N) is 1. The number of hydrogen-bond donors (Lipinski definition) is 1. The zero-order valence-electron chi connectivity index (χ0n) is 10.9. The summed E-state index contributed by atoms with van der Waals surface area (Å²) in [5.41, 5.74) is 0.348. The standard InChI is InChI=1S/C12H21NO3/c1-8(2)7-10(14)13-9(3)11(15)16-12(4,5)6/h7,9H,1-6H3,(H,13,14)/t9-/m1/s1. The maximum absolute atomic E-state index is 11.5. The van der Waals surface area contributed by atoms with Gasteiger partial charge in [0.15, 0.2) is 0 Å². The van der Waals surface area contributed by atoms with Gasteiger partial charge in [0.1, 0.15) is 11.6 Å². The van der Waals surface area contributed by atoms with E-state index in [1.54, 1.807) is 27.7 Å². The fourth-order valence-electron chi connectivity index (χ4n) is 0.966. The van der Waals surface area contributed by atoms with Gasteiger partial charge in [-0.2, -0.15) is 0 Å². The zero-order chi connectivity index (χ0) is 12.9. The highest BCUT2D eigenvalue weighted by atomic mass is 16.6. The molecule has 0 rings (SSSR count). The van der Waals surface area contributed by atoms with Crippen LogP contribution in [0.3, 0.4) is 0 Å².